The Bertz CT molecular complexity index is 286. The van der Waals surface area contributed by atoms with Gasteiger partial charge in [0.1, 0.15) is 0 Å². The van der Waals surface area contributed by atoms with E-state index in [0.717, 1.165) is 19.4 Å². The summed E-state index contributed by atoms with van der Waals surface area (Å²) in [4.78, 5) is 13.2. The van der Waals surface area contributed by atoms with Gasteiger partial charge in [-0.3, -0.25) is 4.90 Å². The molecule has 3 nitrogen and oxygen atoms in total. The van der Waals surface area contributed by atoms with Gasteiger partial charge in [-0.1, -0.05) is 38.3 Å². The third-order valence-electron chi connectivity index (χ3n) is 3.14. The van der Waals surface area contributed by atoms with Crippen molar-refractivity contribution in [3.63, 3.8) is 0 Å². The molecule has 1 atom stereocenters. The highest BCUT2D eigenvalue weighted by Gasteiger charge is 2.24. The third kappa shape index (κ3) is 5.39. The Kier molecular flexibility index (Phi) is 7.23. The first-order valence-corrected chi connectivity index (χ1v) is 6.98. The Labute approximate surface area is 110 Å². The van der Waals surface area contributed by atoms with Crippen molar-refractivity contribution in [2.75, 3.05) is 13.2 Å². The van der Waals surface area contributed by atoms with Gasteiger partial charge in [0, 0.05) is 18.7 Å². The first-order valence-electron chi connectivity index (χ1n) is 6.98. The number of ether oxygens (including phenoxy) is 1. The number of allylic oxidation sites excluding steroid dienone is 2. The lowest BCUT2D eigenvalue weighted by molar-refractivity contribution is 0.0612. The standard InChI is InChI=1S/C15H25NO2/c1-3-5-6-7-8-9-11-16-12-14(10-4-2)13-18-15(16)17/h4,9,11,14H,2-3,5-8,10,12-13H2,1H3/b11-9-. The molecule has 1 saturated heterocycles. The maximum Gasteiger partial charge on any atom is 0.413 e. The largest absolute Gasteiger partial charge is 0.449 e. The highest BCUT2D eigenvalue weighted by Crippen LogP contribution is 2.15. The Balaban J connectivity index is 2.27. The number of amides is 1. The van der Waals surface area contributed by atoms with Crippen LogP contribution in [0.2, 0.25) is 0 Å². The molecule has 102 valence electrons. The summed E-state index contributed by atoms with van der Waals surface area (Å²) in [6.45, 7) is 7.20. The minimum absolute atomic E-state index is 0.222. The molecule has 1 unspecified atom stereocenters. The normalized spacial score (nSPS) is 20.2. The van der Waals surface area contributed by atoms with Gasteiger partial charge in [-0.25, -0.2) is 4.79 Å². The SMILES string of the molecule is C=CCC1COC(=O)N(/C=C\CCCCCC)C1. The van der Waals surface area contributed by atoms with Gasteiger partial charge in [-0.2, -0.15) is 0 Å². The van der Waals surface area contributed by atoms with Crippen LogP contribution in [0.3, 0.4) is 0 Å². The van der Waals surface area contributed by atoms with Crippen molar-refractivity contribution in [1.82, 2.24) is 4.90 Å². The van der Waals surface area contributed by atoms with Crippen molar-refractivity contribution in [1.29, 1.82) is 0 Å². The van der Waals surface area contributed by atoms with Crippen molar-refractivity contribution in [2.45, 2.75) is 45.4 Å². The second-order valence-corrected chi connectivity index (χ2v) is 4.85. The molecule has 0 aliphatic carbocycles. The second-order valence-electron chi connectivity index (χ2n) is 4.85. The zero-order chi connectivity index (χ0) is 13.2. The summed E-state index contributed by atoms with van der Waals surface area (Å²) < 4.78 is 5.14. The Morgan fingerprint density at radius 1 is 1.44 bits per heavy atom. The molecular weight excluding hydrogens is 226 g/mol. The van der Waals surface area contributed by atoms with Gasteiger partial charge in [0.2, 0.25) is 0 Å². The molecule has 1 fully saturated rings. The molecule has 0 N–H and O–H groups in total. The van der Waals surface area contributed by atoms with Gasteiger partial charge in [-0.15, -0.1) is 6.58 Å². The van der Waals surface area contributed by atoms with Gasteiger partial charge in [0.25, 0.3) is 0 Å². The van der Waals surface area contributed by atoms with Crippen LogP contribution in [0.25, 0.3) is 0 Å². The molecule has 1 rings (SSSR count). The molecule has 0 spiro atoms. The lowest BCUT2D eigenvalue weighted by Gasteiger charge is -2.29. The molecule has 1 heterocycles. The Morgan fingerprint density at radius 2 is 2.28 bits per heavy atom. The van der Waals surface area contributed by atoms with E-state index in [0.29, 0.717) is 12.5 Å². The van der Waals surface area contributed by atoms with Gasteiger partial charge in [0.05, 0.1) is 6.61 Å². The lowest BCUT2D eigenvalue weighted by atomic mass is 10.1. The topological polar surface area (TPSA) is 29.5 Å². The number of hydrogen-bond donors (Lipinski definition) is 0. The van der Waals surface area contributed by atoms with Crippen LogP contribution in [0.1, 0.15) is 45.4 Å². The van der Waals surface area contributed by atoms with Crippen molar-refractivity contribution < 1.29 is 9.53 Å². The summed E-state index contributed by atoms with van der Waals surface area (Å²) >= 11 is 0. The van der Waals surface area contributed by atoms with E-state index in [9.17, 15) is 4.79 Å². The van der Waals surface area contributed by atoms with Crippen molar-refractivity contribution in [2.24, 2.45) is 5.92 Å². The molecule has 18 heavy (non-hydrogen) atoms. The molecule has 1 aliphatic rings. The third-order valence-corrected chi connectivity index (χ3v) is 3.14. The number of nitrogens with zero attached hydrogens (tertiary/aromatic N) is 1. The average molecular weight is 251 g/mol. The highest BCUT2D eigenvalue weighted by atomic mass is 16.6. The number of carbonyl (C=O) groups is 1. The number of rotatable bonds is 8. The van der Waals surface area contributed by atoms with Crippen LogP contribution in [-0.2, 0) is 4.74 Å². The van der Waals surface area contributed by atoms with E-state index < -0.39 is 0 Å². The molecule has 0 aromatic heterocycles. The predicted octanol–water partition coefficient (Wildman–Crippen LogP) is 4.12. The van der Waals surface area contributed by atoms with E-state index in [1.165, 1.54) is 25.7 Å². The Morgan fingerprint density at radius 3 is 3.00 bits per heavy atom. The Hall–Kier alpha value is -1.25. The van der Waals surface area contributed by atoms with Gasteiger partial charge >= 0.3 is 6.09 Å². The maximum absolute atomic E-state index is 11.5. The summed E-state index contributed by atoms with van der Waals surface area (Å²) in [5.41, 5.74) is 0. The lowest BCUT2D eigenvalue weighted by Crippen LogP contribution is -2.39. The van der Waals surface area contributed by atoms with Crippen molar-refractivity contribution in [3.8, 4) is 0 Å². The summed E-state index contributed by atoms with van der Waals surface area (Å²) in [6.07, 6.45) is 12.6. The number of cyclic esters (lactones) is 1. The monoisotopic (exact) mass is 251 g/mol. The summed E-state index contributed by atoms with van der Waals surface area (Å²) in [7, 11) is 0. The molecule has 3 heteroatoms. The molecule has 1 aliphatic heterocycles. The minimum atomic E-state index is -0.222. The second kappa shape index (κ2) is 8.78. The van der Waals surface area contributed by atoms with E-state index in [1.54, 1.807) is 4.90 Å². The smallest absolute Gasteiger partial charge is 0.413 e. The van der Waals surface area contributed by atoms with Gasteiger partial charge < -0.3 is 4.74 Å². The summed E-state index contributed by atoms with van der Waals surface area (Å²) in [5, 5.41) is 0. The summed E-state index contributed by atoms with van der Waals surface area (Å²) in [5.74, 6) is 0.380. The van der Waals surface area contributed by atoms with Crippen LogP contribution < -0.4 is 0 Å². The average Bonchev–Trinajstić information content (AvgIpc) is 2.37. The van der Waals surface area contributed by atoms with Gasteiger partial charge in [-0.05, 0) is 19.3 Å². The highest BCUT2D eigenvalue weighted by molar-refractivity contribution is 5.69. The first-order chi connectivity index (χ1) is 8.77. The quantitative estimate of drug-likeness (QED) is 0.480. The van der Waals surface area contributed by atoms with E-state index >= 15 is 0 Å². The maximum atomic E-state index is 11.5. The van der Waals surface area contributed by atoms with Crippen LogP contribution in [-0.4, -0.2) is 24.1 Å². The molecular formula is C15H25NO2. The molecule has 0 bridgehead atoms. The fourth-order valence-corrected chi connectivity index (χ4v) is 2.07. The van der Waals surface area contributed by atoms with Gasteiger partial charge in [0.15, 0.2) is 0 Å². The molecule has 1 amide bonds. The number of unbranched alkanes of at least 4 members (excludes halogenated alkanes) is 4. The molecule has 0 saturated carbocycles. The minimum Gasteiger partial charge on any atom is -0.449 e. The zero-order valence-corrected chi connectivity index (χ0v) is 11.4. The number of carbonyl (C=O) groups excluding carboxylic acids is 1. The predicted molar refractivity (Wildman–Crippen MR) is 74.3 cm³/mol. The van der Waals surface area contributed by atoms with Crippen molar-refractivity contribution in [3.05, 3.63) is 24.9 Å². The fraction of sp³-hybridized carbons (Fsp3) is 0.667. The van der Waals surface area contributed by atoms with Crippen LogP contribution >= 0.6 is 0 Å². The summed E-state index contributed by atoms with van der Waals surface area (Å²) in [6, 6.07) is 0. The van der Waals surface area contributed by atoms with Crippen molar-refractivity contribution >= 4 is 6.09 Å². The van der Waals surface area contributed by atoms with E-state index in [1.807, 2.05) is 12.3 Å². The molecule has 0 aromatic carbocycles. The fourth-order valence-electron chi connectivity index (χ4n) is 2.07. The van der Waals surface area contributed by atoms with Crippen LogP contribution in [0.5, 0.6) is 0 Å². The van der Waals surface area contributed by atoms with E-state index in [2.05, 4.69) is 19.6 Å². The van der Waals surface area contributed by atoms with E-state index in [-0.39, 0.29) is 6.09 Å². The molecule has 0 aromatic rings. The van der Waals surface area contributed by atoms with E-state index in [4.69, 9.17) is 4.74 Å². The number of hydrogen-bond acceptors (Lipinski definition) is 2. The first kappa shape index (κ1) is 14.8. The van der Waals surface area contributed by atoms with Crippen LogP contribution in [0.4, 0.5) is 4.79 Å². The molecule has 0 radical (unpaired) electrons. The van der Waals surface area contributed by atoms with Crippen LogP contribution in [0, 0.1) is 5.92 Å². The van der Waals surface area contributed by atoms with Crippen LogP contribution in [0.15, 0.2) is 24.9 Å². The zero-order valence-electron chi connectivity index (χ0n) is 11.4.